The summed E-state index contributed by atoms with van der Waals surface area (Å²) in [6.45, 7) is 2.99. The van der Waals surface area contributed by atoms with Crippen LogP contribution in [0.3, 0.4) is 0 Å². The van der Waals surface area contributed by atoms with Gasteiger partial charge in [-0.05, 0) is 43.7 Å². The number of nitrogens with one attached hydrogen (secondary N) is 2. The number of amides is 1. The van der Waals surface area contributed by atoms with Crippen LogP contribution in [0.25, 0.3) is 0 Å². The van der Waals surface area contributed by atoms with E-state index in [4.69, 9.17) is 9.47 Å². The van der Waals surface area contributed by atoms with Gasteiger partial charge in [0.15, 0.2) is 0 Å². The van der Waals surface area contributed by atoms with Gasteiger partial charge >= 0.3 is 0 Å². The lowest BCUT2D eigenvalue weighted by Crippen LogP contribution is -2.33. The summed E-state index contributed by atoms with van der Waals surface area (Å²) in [5, 5.41) is 6.14. The van der Waals surface area contributed by atoms with Gasteiger partial charge in [0, 0.05) is 13.1 Å². The van der Waals surface area contributed by atoms with E-state index in [2.05, 4.69) is 10.6 Å². The van der Waals surface area contributed by atoms with E-state index in [9.17, 15) is 4.79 Å². The zero-order valence-electron chi connectivity index (χ0n) is 12.3. The molecular formula is C15H23ClN2O3. The van der Waals surface area contributed by atoms with Crippen molar-refractivity contribution in [1.29, 1.82) is 0 Å². The molecule has 1 saturated heterocycles. The molecule has 1 fully saturated rings. The minimum atomic E-state index is 0. The number of ether oxygens (including phenoxy) is 2. The average molecular weight is 315 g/mol. The molecule has 1 aromatic rings. The second-order valence-electron chi connectivity index (χ2n) is 4.86. The summed E-state index contributed by atoms with van der Waals surface area (Å²) in [4.78, 5) is 11.7. The van der Waals surface area contributed by atoms with Crippen molar-refractivity contribution in [2.75, 3.05) is 33.4 Å². The van der Waals surface area contributed by atoms with E-state index < -0.39 is 0 Å². The zero-order valence-corrected chi connectivity index (χ0v) is 13.1. The van der Waals surface area contributed by atoms with E-state index in [1.165, 1.54) is 0 Å². The molecule has 0 spiro atoms. The summed E-state index contributed by atoms with van der Waals surface area (Å²) in [7, 11) is 1.64. The quantitative estimate of drug-likeness (QED) is 0.751. The van der Waals surface area contributed by atoms with Crippen LogP contribution >= 0.6 is 12.4 Å². The first kappa shape index (κ1) is 17.6. The van der Waals surface area contributed by atoms with Gasteiger partial charge in [-0.1, -0.05) is 0 Å². The van der Waals surface area contributed by atoms with Crippen LogP contribution in [-0.4, -0.2) is 39.3 Å². The molecule has 21 heavy (non-hydrogen) atoms. The molecule has 2 N–H and O–H groups in total. The van der Waals surface area contributed by atoms with Gasteiger partial charge in [-0.2, -0.15) is 0 Å². The van der Waals surface area contributed by atoms with Crippen molar-refractivity contribution in [3.8, 4) is 11.5 Å². The highest BCUT2D eigenvalue weighted by molar-refractivity contribution is 5.85. The van der Waals surface area contributed by atoms with Crippen LogP contribution in [0.1, 0.15) is 12.8 Å². The van der Waals surface area contributed by atoms with Crippen molar-refractivity contribution in [3.63, 3.8) is 0 Å². The summed E-state index contributed by atoms with van der Waals surface area (Å²) in [5.74, 6) is 1.92. The maximum Gasteiger partial charge on any atom is 0.224 e. The number of halogens is 1. The maximum atomic E-state index is 11.7. The molecule has 0 aliphatic carbocycles. The standard InChI is InChI=1S/C15H22N2O3.ClH/c1-19-13-3-5-14(6-4-13)20-10-2-8-17-15(18)12-7-9-16-11-12;/h3-6,12,16H,2,7-11H2,1H3,(H,17,18);1H. The summed E-state index contributed by atoms with van der Waals surface area (Å²) < 4.78 is 10.7. The predicted octanol–water partition coefficient (Wildman–Crippen LogP) is 1.61. The third-order valence-corrected chi connectivity index (χ3v) is 3.38. The van der Waals surface area contributed by atoms with E-state index in [1.54, 1.807) is 7.11 Å². The average Bonchev–Trinajstić information content (AvgIpc) is 3.01. The highest BCUT2D eigenvalue weighted by Crippen LogP contribution is 2.16. The molecule has 2 rings (SSSR count). The van der Waals surface area contributed by atoms with E-state index in [1.807, 2.05) is 24.3 Å². The number of methoxy groups -OCH3 is 1. The second kappa shape index (κ2) is 9.47. The second-order valence-corrected chi connectivity index (χ2v) is 4.86. The van der Waals surface area contributed by atoms with Crippen LogP contribution < -0.4 is 20.1 Å². The van der Waals surface area contributed by atoms with E-state index in [-0.39, 0.29) is 24.2 Å². The molecule has 1 atom stereocenters. The number of rotatable bonds is 7. The fraction of sp³-hybridized carbons (Fsp3) is 0.533. The van der Waals surface area contributed by atoms with Crippen molar-refractivity contribution >= 4 is 18.3 Å². The van der Waals surface area contributed by atoms with Crippen molar-refractivity contribution in [1.82, 2.24) is 10.6 Å². The molecule has 1 unspecified atom stereocenters. The van der Waals surface area contributed by atoms with Crippen LogP contribution in [0.5, 0.6) is 11.5 Å². The van der Waals surface area contributed by atoms with E-state index in [0.717, 1.165) is 37.4 Å². The van der Waals surface area contributed by atoms with Gasteiger partial charge < -0.3 is 20.1 Å². The number of hydrogen-bond acceptors (Lipinski definition) is 4. The van der Waals surface area contributed by atoms with E-state index >= 15 is 0 Å². The highest BCUT2D eigenvalue weighted by atomic mass is 35.5. The maximum absolute atomic E-state index is 11.7. The van der Waals surface area contributed by atoms with Crippen molar-refractivity contribution in [3.05, 3.63) is 24.3 Å². The number of benzene rings is 1. The van der Waals surface area contributed by atoms with Crippen LogP contribution in [0, 0.1) is 5.92 Å². The minimum Gasteiger partial charge on any atom is -0.497 e. The lowest BCUT2D eigenvalue weighted by Gasteiger charge is -2.10. The first-order valence-corrected chi connectivity index (χ1v) is 7.05. The van der Waals surface area contributed by atoms with Gasteiger partial charge in [-0.25, -0.2) is 0 Å². The molecule has 1 aliphatic heterocycles. The van der Waals surface area contributed by atoms with Crippen molar-refractivity contribution in [2.24, 2.45) is 5.92 Å². The Morgan fingerprint density at radius 2 is 2.05 bits per heavy atom. The van der Waals surface area contributed by atoms with E-state index in [0.29, 0.717) is 13.2 Å². The third kappa shape index (κ3) is 5.81. The monoisotopic (exact) mass is 314 g/mol. The first-order chi connectivity index (χ1) is 9.79. The summed E-state index contributed by atoms with van der Waals surface area (Å²) in [6, 6.07) is 7.48. The Hall–Kier alpha value is -1.46. The van der Waals surface area contributed by atoms with Gasteiger partial charge in [-0.3, -0.25) is 4.79 Å². The Bertz CT molecular complexity index is 419. The SMILES string of the molecule is COc1ccc(OCCCNC(=O)C2CCNC2)cc1.Cl. The molecule has 1 amide bonds. The molecule has 118 valence electrons. The first-order valence-electron chi connectivity index (χ1n) is 7.05. The number of carbonyl (C=O) groups is 1. The highest BCUT2D eigenvalue weighted by Gasteiger charge is 2.21. The van der Waals surface area contributed by atoms with Crippen molar-refractivity contribution in [2.45, 2.75) is 12.8 Å². The fourth-order valence-corrected chi connectivity index (χ4v) is 2.17. The van der Waals surface area contributed by atoms with Gasteiger partial charge in [0.05, 0.1) is 19.6 Å². The molecule has 1 aliphatic rings. The predicted molar refractivity (Wildman–Crippen MR) is 84.3 cm³/mol. The molecule has 0 bridgehead atoms. The largest absolute Gasteiger partial charge is 0.497 e. The molecule has 6 heteroatoms. The molecule has 0 radical (unpaired) electrons. The van der Waals surface area contributed by atoms with Crippen LogP contribution in [0.15, 0.2) is 24.3 Å². The Balaban J connectivity index is 0.00000220. The zero-order chi connectivity index (χ0) is 14.2. The smallest absolute Gasteiger partial charge is 0.224 e. The topological polar surface area (TPSA) is 59.6 Å². The molecule has 1 aromatic carbocycles. The third-order valence-electron chi connectivity index (χ3n) is 3.38. The molecular weight excluding hydrogens is 292 g/mol. The molecule has 1 heterocycles. The Morgan fingerprint density at radius 3 is 2.67 bits per heavy atom. The normalized spacial score (nSPS) is 16.9. The summed E-state index contributed by atoms with van der Waals surface area (Å²) >= 11 is 0. The minimum absolute atomic E-state index is 0. The van der Waals surface area contributed by atoms with Crippen LogP contribution in [0.2, 0.25) is 0 Å². The lowest BCUT2D eigenvalue weighted by molar-refractivity contribution is -0.124. The lowest BCUT2D eigenvalue weighted by atomic mass is 10.1. The summed E-state index contributed by atoms with van der Waals surface area (Å²) in [6.07, 6.45) is 1.74. The van der Waals surface area contributed by atoms with Gasteiger partial charge in [-0.15, -0.1) is 12.4 Å². The van der Waals surface area contributed by atoms with Gasteiger partial charge in [0.25, 0.3) is 0 Å². The Kier molecular flexibility index (Phi) is 7.93. The number of hydrogen-bond donors (Lipinski definition) is 2. The van der Waals surface area contributed by atoms with Crippen molar-refractivity contribution < 1.29 is 14.3 Å². The molecule has 0 aromatic heterocycles. The Morgan fingerprint density at radius 1 is 1.33 bits per heavy atom. The Labute approximate surface area is 131 Å². The van der Waals surface area contributed by atoms with Crippen LogP contribution in [0.4, 0.5) is 0 Å². The van der Waals surface area contributed by atoms with Crippen LogP contribution in [-0.2, 0) is 4.79 Å². The number of carbonyl (C=O) groups excluding carboxylic acids is 1. The summed E-state index contributed by atoms with van der Waals surface area (Å²) in [5.41, 5.74) is 0. The molecule has 5 nitrogen and oxygen atoms in total. The van der Waals surface area contributed by atoms with Gasteiger partial charge in [0.1, 0.15) is 11.5 Å². The molecule has 0 saturated carbocycles. The fourth-order valence-electron chi connectivity index (χ4n) is 2.17. The van der Waals surface area contributed by atoms with Gasteiger partial charge in [0.2, 0.25) is 5.91 Å².